The van der Waals surface area contributed by atoms with Crippen molar-refractivity contribution in [3.63, 3.8) is 0 Å². The summed E-state index contributed by atoms with van der Waals surface area (Å²) in [6, 6.07) is 3.66. The van der Waals surface area contributed by atoms with E-state index in [1.165, 1.54) is 17.7 Å². The van der Waals surface area contributed by atoms with E-state index in [1.54, 1.807) is 0 Å². The molecule has 0 bridgehead atoms. The quantitative estimate of drug-likeness (QED) is 0.228. The second-order valence-corrected chi connectivity index (χ2v) is 12.4. The Morgan fingerprint density at radius 1 is 1.02 bits per heavy atom. The first kappa shape index (κ1) is 36.2. The lowest BCUT2D eigenvalue weighted by atomic mass is 9.81. The van der Waals surface area contributed by atoms with Crippen molar-refractivity contribution in [2.24, 2.45) is 18.9 Å². The van der Waals surface area contributed by atoms with Gasteiger partial charge in [-0.15, -0.1) is 0 Å². The summed E-state index contributed by atoms with van der Waals surface area (Å²) < 4.78 is 140. The van der Waals surface area contributed by atoms with Gasteiger partial charge < -0.3 is 19.9 Å². The number of aryl methyl sites for hydroxylation is 1. The first-order valence-electron chi connectivity index (χ1n) is 15.3. The van der Waals surface area contributed by atoms with E-state index in [9.17, 15) is 53.5 Å². The molecule has 2 saturated carbocycles. The number of halogens is 10. The lowest BCUT2D eigenvalue weighted by Crippen LogP contribution is -2.44. The SMILES string of the molecule is Cn1c(Cc2cc(CNC(=O)C3CC(F)(F)C3)ccc2C(F)(F)F)nc2cc(C(=O)NC3CCC(C(F)(F)F)CC3)c(OCC(F)F)nc21. The fourth-order valence-electron chi connectivity index (χ4n) is 6.07. The molecular formula is C31H31F10N5O3. The van der Waals surface area contributed by atoms with Crippen molar-refractivity contribution in [1.82, 2.24) is 25.2 Å². The van der Waals surface area contributed by atoms with Crippen LogP contribution in [0.3, 0.4) is 0 Å². The zero-order valence-corrected chi connectivity index (χ0v) is 25.8. The van der Waals surface area contributed by atoms with Crippen LogP contribution in [0.15, 0.2) is 24.3 Å². The van der Waals surface area contributed by atoms with E-state index in [0.717, 1.165) is 18.2 Å². The summed E-state index contributed by atoms with van der Waals surface area (Å²) in [6.45, 7) is -1.38. The largest absolute Gasteiger partial charge is 0.471 e. The summed E-state index contributed by atoms with van der Waals surface area (Å²) in [6.07, 6.45) is -14.2. The number of nitrogens with one attached hydrogen (secondary N) is 2. The molecule has 2 N–H and O–H groups in total. The minimum absolute atomic E-state index is 0.00195. The van der Waals surface area contributed by atoms with Crippen molar-refractivity contribution in [3.8, 4) is 5.88 Å². The molecule has 18 heteroatoms. The van der Waals surface area contributed by atoms with Gasteiger partial charge in [-0.1, -0.05) is 12.1 Å². The third kappa shape index (κ3) is 8.55. The number of hydrogen-bond acceptors (Lipinski definition) is 5. The van der Waals surface area contributed by atoms with Crippen LogP contribution in [-0.4, -0.2) is 57.5 Å². The van der Waals surface area contributed by atoms with Crippen LogP contribution in [0.4, 0.5) is 43.9 Å². The number of rotatable bonds is 10. The molecule has 5 rings (SSSR count). The van der Waals surface area contributed by atoms with Gasteiger partial charge in [-0.3, -0.25) is 9.59 Å². The first-order chi connectivity index (χ1) is 22.8. The monoisotopic (exact) mass is 711 g/mol. The third-order valence-corrected chi connectivity index (χ3v) is 8.77. The maximum atomic E-state index is 14.0. The van der Waals surface area contributed by atoms with Gasteiger partial charge in [0.15, 0.2) is 12.3 Å². The van der Waals surface area contributed by atoms with Gasteiger partial charge in [0.05, 0.1) is 11.5 Å². The highest BCUT2D eigenvalue weighted by molar-refractivity contribution is 5.99. The summed E-state index contributed by atoms with van der Waals surface area (Å²) in [5, 5.41) is 5.05. The number of hydrogen-bond donors (Lipinski definition) is 2. The molecule has 1 aromatic carbocycles. The van der Waals surface area contributed by atoms with Crippen LogP contribution in [-0.2, 0) is 31.0 Å². The molecule has 2 aliphatic carbocycles. The van der Waals surface area contributed by atoms with Crippen LogP contribution >= 0.6 is 0 Å². The Labute approximate surface area is 272 Å². The maximum absolute atomic E-state index is 14.0. The van der Waals surface area contributed by atoms with Crippen LogP contribution in [0.25, 0.3) is 11.2 Å². The highest BCUT2D eigenvalue weighted by Crippen LogP contribution is 2.42. The molecule has 2 fully saturated rings. The molecule has 2 heterocycles. The van der Waals surface area contributed by atoms with Crippen LogP contribution in [0.2, 0.25) is 0 Å². The Bertz CT molecular complexity index is 1690. The Hall–Kier alpha value is -4.12. The van der Waals surface area contributed by atoms with E-state index in [4.69, 9.17) is 4.74 Å². The van der Waals surface area contributed by atoms with Gasteiger partial charge in [-0.2, -0.15) is 31.3 Å². The number of imidazole rings is 1. The van der Waals surface area contributed by atoms with Crippen molar-refractivity contribution in [1.29, 1.82) is 0 Å². The molecule has 0 spiro atoms. The molecule has 0 atom stereocenters. The second kappa shape index (κ2) is 13.7. The number of aromatic nitrogens is 3. The molecule has 49 heavy (non-hydrogen) atoms. The standard InChI is InChI=1S/C31H31F10N5O3/c1-46-24(9-16-8-15(2-7-21(16)31(39,40)41)13-42-26(47)17-11-29(34,35)12-17)44-22-10-20(28(45-25(22)46)49-14-23(32)33)27(48)43-19-5-3-18(4-6-19)30(36,37)38/h2,7-8,10,17-19,23H,3-6,9,11-14H2,1H3,(H,42,47)(H,43,48). The summed E-state index contributed by atoms with van der Waals surface area (Å²) in [7, 11) is 1.40. The minimum Gasteiger partial charge on any atom is -0.471 e. The van der Waals surface area contributed by atoms with Crippen molar-refractivity contribution >= 4 is 23.0 Å². The number of pyridine rings is 1. The Morgan fingerprint density at radius 2 is 1.69 bits per heavy atom. The van der Waals surface area contributed by atoms with Crippen LogP contribution in [0.1, 0.15) is 71.4 Å². The predicted molar refractivity (Wildman–Crippen MR) is 153 cm³/mol. The molecule has 0 radical (unpaired) electrons. The van der Waals surface area contributed by atoms with Crippen molar-refractivity contribution in [3.05, 3.63) is 52.3 Å². The van der Waals surface area contributed by atoms with E-state index in [0.29, 0.717) is 0 Å². The minimum atomic E-state index is -4.79. The van der Waals surface area contributed by atoms with Gasteiger partial charge in [0.1, 0.15) is 16.9 Å². The number of amides is 2. The number of carbonyl (C=O) groups excluding carboxylic acids is 2. The molecule has 2 aromatic heterocycles. The highest BCUT2D eigenvalue weighted by Gasteiger charge is 2.48. The van der Waals surface area contributed by atoms with Crippen LogP contribution in [0, 0.1) is 11.8 Å². The molecule has 3 aromatic rings. The first-order valence-corrected chi connectivity index (χ1v) is 15.3. The molecule has 0 unspecified atom stereocenters. The van der Waals surface area contributed by atoms with E-state index in [1.807, 2.05) is 0 Å². The summed E-state index contributed by atoms with van der Waals surface area (Å²) in [5.41, 5.74) is -1.37. The summed E-state index contributed by atoms with van der Waals surface area (Å²) in [5.74, 6) is -7.34. The second-order valence-electron chi connectivity index (χ2n) is 12.4. The fraction of sp³-hybridized carbons (Fsp3) is 0.548. The van der Waals surface area contributed by atoms with E-state index in [-0.39, 0.29) is 65.9 Å². The number of alkyl halides is 10. The van der Waals surface area contributed by atoms with Gasteiger partial charge in [0.25, 0.3) is 12.3 Å². The lowest BCUT2D eigenvalue weighted by Gasteiger charge is -2.33. The van der Waals surface area contributed by atoms with Crippen LogP contribution < -0.4 is 15.4 Å². The molecular weight excluding hydrogens is 680 g/mol. The van der Waals surface area contributed by atoms with E-state index < -0.39 is 91.7 Å². The van der Waals surface area contributed by atoms with E-state index in [2.05, 4.69) is 20.6 Å². The Kier molecular flexibility index (Phi) is 10.1. The molecule has 0 saturated heterocycles. The Morgan fingerprint density at radius 3 is 2.29 bits per heavy atom. The molecule has 268 valence electrons. The number of nitrogens with zero attached hydrogens (tertiary/aromatic N) is 3. The normalized spacial score (nSPS) is 19.9. The lowest BCUT2D eigenvalue weighted by molar-refractivity contribution is -0.182. The molecule has 0 aliphatic heterocycles. The Balaban J connectivity index is 1.39. The zero-order chi connectivity index (χ0) is 35.9. The average molecular weight is 712 g/mol. The van der Waals surface area contributed by atoms with Gasteiger partial charge in [-0.05, 0) is 48.9 Å². The van der Waals surface area contributed by atoms with Crippen molar-refractivity contribution < 1.29 is 58.2 Å². The average Bonchev–Trinajstić information content (AvgIpc) is 3.29. The van der Waals surface area contributed by atoms with Crippen molar-refractivity contribution in [2.45, 2.75) is 82.2 Å². The zero-order valence-electron chi connectivity index (χ0n) is 25.8. The van der Waals surface area contributed by atoms with Gasteiger partial charge in [0.2, 0.25) is 17.7 Å². The molecule has 2 aliphatic rings. The fourth-order valence-corrected chi connectivity index (χ4v) is 6.07. The van der Waals surface area contributed by atoms with Gasteiger partial charge >= 0.3 is 12.4 Å². The predicted octanol–water partition coefficient (Wildman–Crippen LogP) is 6.73. The summed E-state index contributed by atoms with van der Waals surface area (Å²) in [4.78, 5) is 33.9. The number of carbonyl (C=O) groups is 2. The number of benzene rings is 1. The molecule has 2 amide bonds. The maximum Gasteiger partial charge on any atom is 0.416 e. The molecule has 8 nitrogen and oxygen atoms in total. The summed E-state index contributed by atoms with van der Waals surface area (Å²) >= 11 is 0. The highest BCUT2D eigenvalue weighted by atomic mass is 19.4. The van der Waals surface area contributed by atoms with Crippen LogP contribution in [0.5, 0.6) is 5.88 Å². The number of fused-ring (bicyclic) bond motifs is 1. The number of ether oxygens (including phenoxy) is 1. The smallest absolute Gasteiger partial charge is 0.416 e. The van der Waals surface area contributed by atoms with Crippen molar-refractivity contribution in [2.75, 3.05) is 6.61 Å². The van der Waals surface area contributed by atoms with Gasteiger partial charge in [0, 0.05) is 44.8 Å². The topological polar surface area (TPSA) is 98.1 Å². The third-order valence-electron chi connectivity index (χ3n) is 8.77. The van der Waals surface area contributed by atoms with Gasteiger partial charge in [-0.25, -0.2) is 22.5 Å². The van der Waals surface area contributed by atoms with E-state index >= 15 is 0 Å².